The highest BCUT2D eigenvalue weighted by atomic mass is 16.5. The molecule has 0 radical (unpaired) electrons. The van der Waals surface area contributed by atoms with E-state index in [2.05, 4.69) is 5.32 Å². The quantitative estimate of drug-likeness (QED) is 0.668. The SMILES string of the molecule is OCC1CC(CC2CCOC2)CN1. The van der Waals surface area contributed by atoms with Gasteiger partial charge in [0.15, 0.2) is 0 Å². The van der Waals surface area contributed by atoms with E-state index in [1.54, 1.807) is 0 Å². The van der Waals surface area contributed by atoms with Crippen LogP contribution in [0.25, 0.3) is 0 Å². The molecule has 2 fully saturated rings. The van der Waals surface area contributed by atoms with Gasteiger partial charge < -0.3 is 15.2 Å². The maximum atomic E-state index is 8.96. The van der Waals surface area contributed by atoms with Gasteiger partial charge in [0, 0.05) is 19.3 Å². The first kappa shape index (κ1) is 9.44. The molecule has 2 rings (SSSR count). The fraction of sp³-hybridized carbons (Fsp3) is 1.00. The van der Waals surface area contributed by atoms with Gasteiger partial charge in [0.2, 0.25) is 0 Å². The van der Waals surface area contributed by atoms with E-state index < -0.39 is 0 Å². The fourth-order valence-electron chi connectivity index (χ4n) is 2.46. The Bertz CT molecular complexity index is 157. The number of aliphatic hydroxyl groups excluding tert-OH is 1. The summed E-state index contributed by atoms with van der Waals surface area (Å²) in [6.45, 7) is 3.29. The molecular weight excluding hydrogens is 166 g/mol. The molecule has 3 nitrogen and oxygen atoms in total. The van der Waals surface area contributed by atoms with Crippen molar-refractivity contribution in [3.05, 3.63) is 0 Å². The summed E-state index contributed by atoms with van der Waals surface area (Å²) >= 11 is 0. The molecule has 2 aliphatic rings. The lowest BCUT2D eigenvalue weighted by Crippen LogP contribution is -2.24. The Labute approximate surface area is 79.5 Å². The Kier molecular flexibility index (Phi) is 3.19. The molecule has 2 heterocycles. The van der Waals surface area contributed by atoms with Gasteiger partial charge in [-0.3, -0.25) is 0 Å². The predicted molar refractivity (Wildman–Crippen MR) is 50.5 cm³/mol. The van der Waals surface area contributed by atoms with Gasteiger partial charge in [0.25, 0.3) is 0 Å². The minimum absolute atomic E-state index is 0.289. The minimum atomic E-state index is 0.289. The molecule has 0 aromatic carbocycles. The van der Waals surface area contributed by atoms with Crippen molar-refractivity contribution in [1.82, 2.24) is 5.32 Å². The molecule has 76 valence electrons. The summed E-state index contributed by atoms with van der Waals surface area (Å²) in [5, 5.41) is 12.3. The first-order valence-corrected chi connectivity index (χ1v) is 5.30. The molecule has 2 saturated heterocycles. The van der Waals surface area contributed by atoms with E-state index in [1.807, 2.05) is 0 Å². The van der Waals surface area contributed by atoms with Crippen LogP contribution in [-0.4, -0.2) is 37.5 Å². The predicted octanol–water partition coefficient (Wildman–Crippen LogP) is 0.383. The van der Waals surface area contributed by atoms with Crippen LogP contribution in [-0.2, 0) is 4.74 Å². The van der Waals surface area contributed by atoms with Gasteiger partial charge in [-0.2, -0.15) is 0 Å². The van der Waals surface area contributed by atoms with Crippen molar-refractivity contribution < 1.29 is 9.84 Å². The Hall–Kier alpha value is -0.120. The molecule has 0 bridgehead atoms. The topological polar surface area (TPSA) is 41.5 Å². The number of rotatable bonds is 3. The Morgan fingerprint density at radius 1 is 1.38 bits per heavy atom. The monoisotopic (exact) mass is 185 g/mol. The zero-order chi connectivity index (χ0) is 9.10. The molecule has 0 spiro atoms. The summed E-state index contributed by atoms with van der Waals surface area (Å²) in [7, 11) is 0. The lowest BCUT2D eigenvalue weighted by Gasteiger charge is -2.12. The van der Waals surface area contributed by atoms with E-state index in [1.165, 1.54) is 12.8 Å². The van der Waals surface area contributed by atoms with Crippen molar-refractivity contribution in [1.29, 1.82) is 0 Å². The Balaban J connectivity index is 1.70. The molecule has 13 heavy (non-hydrogen) atoms. The molecule has 3 unspecified atom stereocenters. The van der Waals surface area contributed by atoms with Crippen LogP contribution in [0, 0.1) is 11.8 Å². The van der Waals surface area contributed by atoms with Crippen LogP contribution in [0.15, 0.2) is 0 Å². The second-order valence-electron chi connectivity index (χ2n) is 4.35. The molecule has 2 aliphatic heterocycles. The number of aliphatic hydroxyl groups is 1. The highest BCUT2D eigenvalue weighted by Crippen LogP contribution is 2.26. The van der Waals surface area contributed by atoms with E-state index in [0.717, 1.165) is 38.0 Å². The van der Waals surface area contributed by atoms with E-state index in [9.17, 15) is 0 Å². The smallest absolute Gasteiger partial charge is 0.0584 e. The van der Waals surface area contributed by atoms with Crippen LogP contribution >= 0.6 is 0 Å². The zero-order valence-electron chi connectivity index (χ0n) is 8.04. The first-order valence-electron chi connectivity index (χ1n) is 5.30. The van der Waals surface area contributed by atoms with Crippen molar-refractivity contribution in [2.24, 2.45) is 11.8 Å². The standard InChI is InChI=1S/C10H19NO2/c12-6-10-4-9(5-11-10)3-8-1-2-13-7-8/h8-12H,1-7H2. The highest BCUT2D eigenvalue weighted by molar-refractivity contribution is 4.83. The van der Waals surface area contributed by atoms with Gasteiger partial charge >= 0.3 is 0 Å². The number of hydrogen-bond acceptors (Lipinski definition) is 3. The summed E-state index contributed by atoms with van der Waals surface area (Å²) in [4.78, 5) is 0. The molecule has 0 aliphatic carbocycles. The van der Waals surface area contributed by atoms with E-state index in [-0.39, 0.29) is 6.61 Å². The van der Waals surface area contributed by atoms with Crippen molar-refractivity contribution in [3.8, 4) is 0 Å². The summed E-state index contributed by atoms with van der Waals surface area (Å²) in [5.41, 5.74) is 0. The lowest BCUT2D eigenvalue weighted by atomic mass is 9.92. The largest absolute Gasteiger partial charge is 0.395 e. The summed E-state index contributed by atoms with van der Waals surface area (Å²) < 4.78 is 5.35. The van der Waals surface area contributed by atoms with Gasteiger partial charge in [-0.25, -0.2) is 0 Å². The average molecular weight is 185 g/mol. The zero-order valence-corrected chi connectivity index (χ0v) is 8.04. The second-order valence-corrected chi connectivity index (χ2v) is 4.35. The fourth-order valence-corrected chi connectivity index (χ4v) is 2.46. The second kappa shape index (κ2) is 4.40. The number of nitrogens with one attached hydrogen (secondary N) is 1. The minimum Gasteiger partial charge on any atom is -0.395 e. The lowest BCUT2D eigenvalue weighted by molar-refractivity contribution is 0.180. The van der Waals surface area contributed by atoms with Crippen LogP contribution in [0.2, 0.25) is 0 Å². The van der Waals surface area contributed by atoms with Crippen LogP contribution in [0.1, 0.15) is 19.3 Å². The van der Waals surface area contributed by atoms with E-state index in [0.29, 0.717) is 6.04 Å². The van der Waals surface area contributed by atoms with Gasteiger partial charge in [-0.15, -0.1) is 0 Å². The van der Waals surface area contributed by atoms with E-state index >= 15 is 0 Å². The molecule has 0 amide bonds. The molecule has 3 atom stereocenters. The number of ether oxygens (including phenoxy) is 1. The first-order chi connectivity index (χ1) is 6.38. The van der Waals surface area contributed by atoms with Gasteiger partial charge in [-0.1, -0.05) is 0 Å². The molecule has 2 N–H and O–H groups in total. The van der Waals surface area contributed by atoms with Gasteiger partial charge in [0.1, 0.15) is 0 Å². The third-order valence-corrected chi connectivity index (χ3v) is 3.22. The number of hydrogen-bond donors (Lipinski definition) is 2. The van der Waals surface area contributed by atoms with Crippen molar-refractivity contribution in [2.75, 3.05) is 26.4 Å². The maximum Gasteiger partial charge on any atom is 0.0584 e. The average Bonchev–Trinajstić information content (AvgIpc) is 2.76. The van der Waals surface area contributed by atoms with E-state index in [4.69, 9.17) is 9.84 Å². The van der Waals surface area contributed by atoms with Crippen LogP contribution in [0.5, 0.6) is 0 Å². The van der Waals surface area contributed by atoms with Crippen molar-refractivity contribution in [2.45, 2.75) is 25.3 Å². The summed E-state index contributed by atoms with van der Waals surface area (Å²) in [6, 6.07) is 0.354. The highest BCUT2D eigenvalue weighted by Gasteiger charge is 2.27. The Morgan fingerprint density at radius 2 is 2.31 bits per heavy atom. The molecular formula is C10H19NO2. The summed E-state index contributed by atoms with van der Waals surface area (Å²) in [5.74, 6) is 1.55. The van der Waals surface area contributed by atoms with Crippen molar-refractivity contribution in [3.63, 3.8) is 0 Å². The van der Waals surface area contributed by atoms with Crippen LogP contribution < -0.4 is 5.32 Å². The third kappa shape index (κ3) is 2.42. The molecule has 0 saturated carbocycles. The molecule has 0 aromatic heterocycles. The Morgan fingerprint density at radius 3 is 2.92 bits per heavy atom. The molecule has 3 heteroatoms. The molecule has 0 aromatic rings. The van der Waals surface area contributed by atoms with Crippen molar-refractivity contribution >= 4 is 0 Å². The van der Waals surface area contributed by atoms with Gasteiger partial charge in [-0.05, 0) is 37.6 Å². The normalized spacial score (nSPS) is 39.9. The van der Waals surface area contributed by atoms with Gasteiger partial charge in [0.05, 0.1) is 6.61 Å². The van der Waals surface area contributed by atoms with Crippen LogP contribution in [0.3, 0.4) is 0 Å². The maximum absolute atomic E-state index is 8.96. The summed E-state index contributed by atoms with van der Waals surface area (Å²) in [6.07, 6.45) is 3.66. The third-order valence-electron chi connectivity index (χ3n) is 3.22. The van der Waals surface area contributed by atoms with Crippen LogP contribution in [0.4, 0.5) is 0 Å².